The number of ether oxygens (including phenoxy) is 2. The second-order valence-corrected chi connectivity index (χ2v) is 3.95. The van der Waals surface area contributed by atoms with E-state index in [9.17, 15) is 4.79 Å². The molecule has 0 aliphatic heterocycles. The highest BCUT2D eigenvalue weighted by Crippen LogP contribution is 2.19. The molecule has 0 saturated heterocycles. The molecule has 0 bridgehead atoms. The van der Waals surface area contributed by atoms with E-state index < -0.39 is 0 Å². The predicted molar refractivity (Wildman–Crippen MR) is 69.8 cm³/mol. The van der Waals surface area contributed by atoms with Crippen molar-refractivity contribution < 1.29 is 14.3 Å². The highest BCUT2D eigenvalue weighted by Gasteiger charge is 2.08. The standard InChI is InChI=1S/C14H17NO3/c1-15(2)9-5-6-11-10-12(14(16)18-4)7-8-13(11)17-3/h7-8,10H,9H2,1-4H3. The molecular formula is C14H17NO3. The van der Waals surface area contributed by atoms with Gasteiger partial charge in [-0.25, -0.2) is 4.79 Å². The van der Waals surface area contributed by atoms with Crippen molar-refractivity contribution in [3.05, 3.63) is 29.3 Å². The summed E-state index contributed by atoms with van der Waals surface area (Å²) in [6.45, 7) is 0.644. The molecule has 96 valence electrons. The zero-order valence-corrected chi connectivity index (χ0v) is 11.1. The zero-order valence-electron chi connectivity index (χ0n) is 11.1. The maximum atomic E-state index is 11.4. The minimum absolute atomic E-state index is 0.381. The van der Waals surface area contributed by atoms with Gasteiger partial charge in [0.1, 0.15) is 5.75 Å². The number of carbonyl (C=O) groups excluding carboxylic acids is 1. The van der Waals surface area contributed by atoms with Crippen molar-refractivity contribution in [2.75, 3.05) is 34.9 Å². The molecule has 0 aromatic heterocycles. The Morgan fingerprint density at radius 3 is 2.61 bits per heavy atom. The molecule has 0 unspecified atom stereocenters. The topological polar surface area (TPSA) is 38.8 Å². The first kappa shape index (κ1) is 14.1. The average Bonchev–Trinajstić information content (AvgIpc) is 2.37. The summed E-state index contributed by atoms with van der Waals surface area (Å²) in [5.74, 6) is 6.26. The highest BCUT2D eigenvalue weighted by molar-refractivity contribution is 5.90. The van der Waals surface area contributed by atoms with Gasteiger partial charge in [0.2, 0.25) is 0 Å². The van der Waals surface area contributed by atoms with Gasteiger partial charge in [0.05, 0.1) is 31.9 Å². The van der Waals surface area contributed by atoms with Crippen LogP contribution >= 0.6 is 0 Å². The molecule has 0 heterocycles. The number of benzene rings is 1. The predicted octanol–water partition coefficient (Wildman–Crippen LogP) is 1.39. The first-order valence-electron chi connectivity index (χ1n) is 5.48. The molecule has 0 spiro atoms. The Morgan fingerprint density at radius 2 is 2.06 bits per heavy atom. The highest BCUT2D eigenvalue weighted by atomic mass is 16.5. The minimum Gasteiger partial charge on any atom is -0.495 e. The number of hydrogen-bond acceptors (Lipinski definition) is 4. The molecule has 0 aliphatic rings. The summed E-state index contributed by atoms with van der Waals surface area (Å²) < 4.78 is 9.87. The summed E-state index contributed by atoms with van der Waals surface area (Å²) in [7, 11) is 6.81. The van der Waals surface area contributed by atoms with Crippen molar-refractivity contribution in [1.29, 1.82) is 0 Å². The molecule has 4 nitrogen and oxygen atoms in total. The largest absolute Gasteiger partial charge is 0.495 e. The third-order valence-electron chi connectivity index (χ3n) is 2.24. The van der Waals surface area contributed by atoms with Crippen LogP contribution in [-0.4, -0.2) is 45.7 Å². The van der Waals surface area contributed by atoms with Crippen LogP contribution in [0.15, 0.2) is 18.2 Å². The van der Waals surface area contributed by atoms with Crippen LogP contribution in [0.1, 0.15) is 15.9 Å². The van der Waals surface area contributed by atoms with Crippen molar-refractivity contribution in [3.63, 3.8) is 0 Å². The van der Waals surface area contributed by atoms with Crippen LogP contribution in [0.5, 0.6) is 5.75 Å². The Kier molecular flexibility index (Phi) is 5.22. The van der Waals surface area contributed by atoms with Crippen molar-refractivity contribution in [2.45, 2.75) is 0 Å². The van der Waals surface area contributed by atoms with Crippen LogP contribution in [0, 0.1) is 11.8 Å². The number of methoxy groups -OCH3 is 2. The molecule has 18 heavy (non-hydrogen) atoms. The van der Waals surface area contributed by atoms with Gasteiger partial charge in [-0.2, -0.15) is 0 Å². The first-order valence-corrected chi connectivity index (χ1v) is 5.48. The van der Waals surface area contributed by atoms with E-state index in [0.29, 0.717) is 23.4 Å². The fourth-order valence-corrected chi connectivity index (χ4v) is 1.34. The molecule has 0 amide bonds. The Hall–Kier alpha value is -1.99. The third kappa shape index (κ3) is 3.79. The number of hydrogen-bond donors (Lipinski definition) is 0. The monoisotopic (exact) mass is 247 g/mol. The van der Waals surface area contributed by atoms with Crippen molar-refractivity contribution >= 4 is 5.97 Å². The van der Waals surface area contributed by atoms with E-state index in [1.165, 1.54) is 7.11 Å². The summed E-state index contributed by atoms with van der Waals surface area (Å²) in [4.78, 5) is 13.4. The molecule has 1 rings (SSSR count). The van der Waals surface area contributed by atoms with Gasteiger partial charge in [-0.3, -0.25) is 4.90 Å². The van der Waals surface area contributed by atoms with Gasteiger partial charge in [-0.05, 0) is 32.3 Å². The van der Waals surface area contributed by atoms with Crippen LogP contribution < -0.4 is 4.74 Å². The number of nitrogens with zero attached hydrogens (tertiary/aromatic N) is 1. The summed E-state index contributed by atoms with van der Waals surface area (Å²) in [6, 6.07) is 5.04. The first-order chi connectivity index (χ1) is 8.58. The lowest BCUT2D eigenvalue weighted by molar-refractivity contribution is 0.0600. The lowest BCUT2D eigenvalue weighted by atomic mass is 10.1. The second kappa shape index (κ2) is 6.67. The van der Waals surface area contributed by atoms with Gasteiger partial charge in [0.25, 0.3) is 0 Å². The number of carbonyl (C=O) groups is 1. The van der Waals surface area contributed by atoms with Gasteiger partial charge in [0.15, 0.2) is 0 Å². The van der Waals surface area contributed by atoms with E-state index in [0.717, 1.165) is 0 Å². The molecule has 1 aromatic carbocycles. The van der Waals surface area contributed by atoms with E-state index >= 15 is 0 Å². The molecule has 1 aromatic rings. The fraction of sp³-hybridized carbons (Fsp3) is 0.357. The van der Waals surface area contributed by atoms with E-state index in [-0.39, 0.29) is 5.97 Å². The second-order valence-electron chi connectivity index (χ2n) is 3.95. The Labute approximate surface area is 107 Å². The molecule has 0 N–H and O–H groups in total. The number of esters is 1. The van der Waals surface area contributed by atoms with Crippen molar-refractivity contribution in [3.8, 4) is 17.6 Å². The van der Waals surface area contributed by atoms with Gasteiger partial charge in [-0.15, -0.1) is 0 Å². The maximum Gasteiger partial charge on any atom is 0.337 e. The molecule has 0 atom stereocenters. The normalized spacial score (nSPS) is 9.61. The SMILES string of the molecule is COC(=O)c1ccc(OC)c(C#CCN(C)C)c1. The van der Waals surface area contributed by atoms with Gasteiger partial charge in [0, 0.05) is 0 Å². The van der Waals surface area contributed by atoms with Crippen molar-refractivity contribution in [2.24, 2.45) is 0 Å². The van der Waals surface area contributed by atoms with E-state index in [1.807, 2.05) is 19.0 Å². The third-order valence-corrected chi connectivity index (χ3v) is 2.24. The van der Waals surface area contributed by atoms with Crippen LogP contribution in [-0.2, 0) is 4.74 Å². The van der Waals surface area contributed by atoms with Crippen molar-refractivity contribution in [1.82, 2.24) is 4.90 Å². The van der Waals surface area contributed by atoms with E-state index in [1.54, 1.807) is 25.3 Å². The van der Waals surface area contributed by atoms with Crippen LogP contribution in [0.2, 0.25) is 0 Å². The van der Waals surface area contributed by atoms with Crippen LogP contribution in [0.4, 0.5) is 0 Å². The Bertz CT molecular complexity index is 484. The summed E-state index contributed by atoms with van der Waals surface area (Å²) in [6.07, 6.45) is 0. The van der Waals surface area contributed by atoms with Gasteiger partial charge in [-0.1, -0.05) is 11.8 Å². The Balaban J connectivity index is 3.05. The summed E-state index contributed by atoms with van der Waals surface area (Å²) in [5, 5.41) is 0. The zero-order chi connectivity index (χ0) is 13.5. The number of rotatable bonds is 3. The molecule has 4 heteroatoms. The molecule has 0 fully saturated rings. The van der Waals surface area contributed by atoms with Gasteiger partial charge < -0.3 is 9.47 Å². The fourth-order valence-electron chi connectivity index (χ4n) is 1.34. The summed E-state index contributed by atoms with van der Waals surface area (Å²) in [5.41, 5.74) is 1.15. The van der Waals surface area contributed by atoms with Crippen LogP contribution in [0.25, 0.3) is 0 Å². The smallest absolute Gasteiger partial charge is 0.337 e. The lowest BCUT2D eigenvalue weighted by Gasteiger charge is -2.06. The maximum absolute atomic E-state index is 11.4. The average molecular weight is 247 g/mol. The molecule has 0 saturated carbocycles. The molecular weight excluding hydrogens is 230 g/mol. The lowest BCUT2D eigenvalue weighted by Crippen LogP contribution is -2.10. The van der Waals surface area contributed by atoms with E-state index in [4.69, 9.17) is 4.74 Å². The quantitative estimate of drug-likeness (QED) is 0.598. The van der Waals surface area contributed by atoms with E-state index in [2.05, 4.69) is 16.6 Å². The Morgan fingerprint density at radius 1 is 1.33 bits per heavy atom. The van der Waals surface area contributed by atoms with Crippen LogP contribution in [0.3, 0.4) is 0 Å². The summed E-state index contributed by atoms with van der Waals surface area (Å²) >= 11 is 0. The molecule has 0 radical (unpaired) electrons. The van der Waals surface area contributed by atoms with Gasteiger partial charge >= 0.3 is 5.97 Å². The minimum atomic E-state index is -0.381. The molecule has 0 aliphatic carbocycles.